The Hall–Kier alpha value is -1.68. The maximum Gasteiger partial charge on any atom is 0.310 e. The fourth-order valence-corrected chi connectivity index (χ4v) is 3.27. The van der Waals surface area contributed by atoms with Crippen LogP contribution in [0.4, 0.5) is 0 Å². The van der Waals surface area contributed by atoms with Gasteiger partial charge < -0.3 is 10.4 Å². The molecule has 23 heavy (non-hydrogen) atoms. The molecule has 126 valence electrons. The first-order chi connectivity index (χ1) is 10.8. The van der Waals surface area contributed by atoms with Crippen LogP contribution in [0.5, 0.6) is 0 Å². The first-order valence-corrected chi connectivity index (χ1v) is 8.37. The van der Waals surface area contributed by atoms with Crippen LogP contribution in [-0.2, 0) is 22.4 Å². The maximum atomic E-state index is 11.9. The number of carboxylic acids is 1. The van der Waals surface area contributed by atoms with Crippen molar-refractivity contribution < 1.29 is 14.7 Å². The molecule has 0 spiro atoms. The minimum absolute atomic E-state index is 0.0208. The molecule has 0 amide bonds. The van der Waals surface area contributed by atoms with E-state index in [-0.39, 0.29) is 17.6 Å². The van der Waals surface area contributed by atoms with Gasteiger partial charge in [-0.05, 0) is 49.9 Å². The van der Waals surface area contributed by atoms with E-state index in [2.05, 4.69) is 5.32 Å². The summed E-state index contributed by atoms with van der Waals surface area (Å²) >= 11 is 0. The van der Waals surface area contributed by atoms with E-state index >= 15 is 0 Å². The van der Waals surface area contributed by atoms with Gasteiger partial charge in [0.15, 0.2) is 0 Å². The molecule has 1 saturated heterocycles. The van der Waals surface area contributed by atoms with Gasteiger partial charge in [-0.25, -0.2) is 0 Å². The fourth-order valence-electron chi connectivity index (χ4n) is 3.27. The smallest absolute Gasteiger partial charge is 0.310 e. The predicted molar refractivity (Wildman–Crippen MR) is 90.4 cm³/mol. The van der Waals surface area contributed by atoms with Crippen LogP contribution in [0.1, 0.15) is 38.3 Å². The molecular formula is C19H27NO3. The molecule has 1 fully saturated rings. The van der Waals surface area contributed by atoms with E-state index in [0.717, 1.165) is 30.6 Å². The SMILES string of the molecule is CC(C)C(=O)Cc1cccc(C[C@](C)(C(=O)O)[C@H]2CCNC2)c1. The summed E-state index contributed by atoms with van der Waals surface area (Å²) in [6.07, 6.45) is 1.81. The predicted octanol–water partition coefficient (Wildman–Crippen LogP) is 2.70. The highest BCUT2D eigenvalue weighted by Crippen LogP contribution is 2.36. The number of carbonyl (C=O) groups excluding carboxylic acids is 1. The molecule has 1 heterocycles. The van der Waals surface area contributed by atoms with Crippen LogP contribution in [-0.4, -0.2) is 29.9 Å². The molecule has 0 radical (unpaired) electrons. The highest BCUT2D eigenvalue weighted by molar-refractivity contribution is 5.82. The Kier molecular flexibility index (Phi) is 5.58. The number of hydrogen-bond acceptors (Lipinski definition) is 3. The van der Waals surface area contributed by atoms with Crippen molar-refractivity contribution in [2.24, 2.45) is 17.3 Å². The van der Waals surface area contributed by atoms with Crippen LogP contribution >= 0.6 is 0 Å². The zero-order chi connectivity index (χ0) is 17.0. The topological polar surface area (TPSA) is 66.4 Å². The number of carbonyl (C=O) groups is 2. The molecule has 0 aliphatic carbocycles. The first-order valence-electron chi connectivity index (χ1n) is 8.37. The fraction of sp³-hybridized carbons (Fsp3) is 0.579. The van der Waals surface area contributed by atoms with Crippen molar-refractivity contribution in [3.05, 3.63) is 35.4 Å². The lowest BCUT2D eigenvalue weighted by molar-refractivity contribution is -0.151. The zero-order valence-electron chi connectivity index (χ0n) is 14.3. The standard InChI is InChI=1S/C19H27NO3/c1-13(2)17(21)10-14-5-4-6-15(9-14)11-19(3,18(22)23)16-7-8-20-12-16/h4-6,9,13,16,20H,7-8,10-12H2,1-3H3,(H,22,23)/t16-,19-/m0/s1. The van der Waals surface area contributed by atoms with Crippen molar-refractivity contribution in [1.82, 2.24) is 5.32 Å². The van der Waals surface area contributed by atoms with Crippen LogP contribution in [0, 0.1) is 17.3 Å². The van der Waals surface area contributed by atoms with Crippen molar-refractivity contribution in [2.45, 2.75) is 40.0 Å². The van der Waals surface area contributed by atoms with E-state index in [1.54, 1.807) is 0 Å². The van der Waals surface area contributed by atoms with Gasteiger partial charge in [-0.1, -0.05) is 38.1 Å². The van der Waals surface area contributed by atoms with Crippen LogP contribution in [0.2, 0.25) is 0 Å². The highest BCUT2D eigenvalue weighted by Gasteiger charge is 2.42. The molecule has 1 aromatic rings. The number of hydrogen-bond donors (Lipinski definition) is 2. The van der Waals surface area contributed by atoms with Crippen LogP contribution < -0.4 is 5.32 Å². The van der Waals surface area contributed by atoms with Gasteiger partial charge in [-0.2, -0.15) is 0 Å². The minimum Gasteiger partial charge on any atom is -0.481 e. The third kappa shape index (κ3) is 4.20. The minimum atomic E-state index is -0.774. The van der Waals surface area contributed by atoms with Crippen LogP contribution in [0.25, 0.3) is 0 Å². The van der Waals surface area contributed by atoms with E-state index in [9.17, 15) is 14.7 Å². The van der Waals surface area contributed by atoms with E-state index in [1.807, 2.05) is 45.0 Å². The normalized spacial score (nSPS) is 20.4. The second-order valence-corrected chi connectivity index (χ2v) is 7.21. The molecule has 0 saturated carbocycles. The number of ketones is 1. The van der Waals surface area contributed by atoms with Gasteiger partial charge in [0.1, 0.15) is 5.78 Å². The molecular weight excluding hydrogens is 290 g/mol. The van der Waals surface area contributed by atoms with E-state index in [0.29, 0.717) is 12.8 Å². The molecule has 2 rings (SSSR count). The third-order valence-corrected chi connectivity index (χ3v) is 5.03. The Balaban J connectivity index is 2.17. The van der Waals surface area contributed by atoms with Gasteiger partial charge >= 0.3 is 5.97 Å². The van der Waals surface area contributed by atoms with Crippen molar-refractivity contribution >= 4 is 11.8 Å². The molecule has 1 aliphatic heterocycles. The third-order valence-electron chi connectivity index (χ3n) is 5.03. The molecule has 2 atom stereocenters. The quantitative estimate of drug-likeness (QED) is 0.811. The van der Waals surface area contributed by atoms with Gasteiger partial charge in [0.05, 0.1) is 5.41 Å². The lowest BCUT2D eigenvalue weighted by Gasteiger charge is -2.31. The average Bonchev–Trinajstić information content (AvgIpc) is 3.01. The van der Waals surface area contributed by atoms with Crippen molar-refractivity contribution in [3.63, 3.8) is 0 Å². The van der Waals surface area contributed by atoms with Crippen molar-refractivity contribution in [2.75, 3.05) is 13.1 Å². The lowest BCUT2D eigenvalue weighted by atomic mass is 9.72. The summed E-state index contributed by atoms with van der Waals surface area (Å²) in [5, 5.41) is 13.0. The molecule has 0 aromatic heterocycles. The molecule has 0 unspecified atom stereocenters. The second-order valence-electron chi connectivity index (χ2n) is 7.21. The van der Waals surface area contributed by atoms with Crippen molar-refractivity contribution in [1.29, 1.82) is 0 Å². The Morgan fingerprint density at radius 1 is 1.35 bits per heavy atom. The Morgan fingerprint density at radius 2 is 2.04 bits per heavy atom. The summed E-state index contributed by atoms with van der Waals surface area (Å²) in [6, 6.07) is 7.82. The number of nitrogens with one attached hydrogen (secondary N) is 1. The molecule has 1 aliphatic rings. The van der Waals surface area contributed by atoms with E-state index < -0.39 is 11.4 Å². The summed E-state index contributed by atoms with van der Waals surface area (Å²) in [5.41, 5.74) is 1.19. The summed E-state index contributed by atoms with van der Waals surface area (Å²) in [4.78, 5) is 23.8. The summed E-state index contributed by atoms with van der Waals surface area (Å²) in [7, 11) is 0. The Morgan fingerprint density at radius 3 is 2.61 bits per heavy atom. The molecule has 4 heteroatoms. The Labute approximate surface area is 138 Å². The van der Waals surface area contributed by atoms with Gasteiger partial charge in [-0.15, -0.1) is 0 Å². The summed E-state index contributed by atoms with van der Waals surface area (Å²) in [6.45, 7) is 7.30. The number of aliphatic carboxylic acids is 1. The van der Waals surface area contributed by atoms with E-state index in [1.165, 1.54) is 0 Å². The lowest BCUT2D eigenvalue weighted by Crippen LogP contribution is -2.39. The zero-order valence-corrected chi connectivity index (χ0v) is 14.3. The molecule has 0 bridgehead atoms. The van der Waals surface area contributed by atoms with E-state index in [4.69, 9.17) is 0 Å². The number of rotatable bonds is 7. The number of carboxylic acid groups (broad SMARTS) is 1. The van der Waals surface area contributed by atoms with Crippen LogP contribution in [0.15, 0.2) is 24.3 Å². The molecule has 4 nitrogen and oxygen atoms in total. The van der Waals surface area contributed by atoms with Crippen LogP contribution in [0.3, 0.4) is 0 Å². The summed E-state index contributed by atoms with van der Waals surface area (Å²) in [5.74, 6) is -0.369. The average molecular weight is 317 g/mol. The van der Waals surface area contributed by atoms with Gasteiger partial charge in [0.2, 0.25) is 0 Å². The largest absolute Gasteiger partial charge is 0.481 e. The highest BCUT2D eigenvalue weighted by atomic mass is 16.4. The summed E-state index contributed by atoms with van der Waals surface area (Å²) < 4.78 is 0. The first kappa shape index (κ1) is 17.7. The van der Waals surface area contributed by atoms with Gasteiger partial charge in [-0.3, -0.25) is 9.59 Å². The van der Waals surface area contributed by atoms with Gasteiger partial charge in [0, 0.05) is 12.3 Å². The monoisotopic (exact) mass is 317 g/mol. The number of benzene rings is 1. The maximum absolute atomic E-state index is 11.9. The van der Waals surface area contributed by atoms with Gasteiger partial charge in [0.25, 0.3) is 0 Å². The Bertz CT molecular complexity index is 576. The molecule has 1 aromatic carbocycles. The number of Topliss-reactive ketones (excluding diaryl/α,β-unsaturated/α-hetero) is 1. The van der Waals surface area contributed by atoms with Crippen molar-refractivity contribution in [3.8, 4) is 0 Å². The molecule has 2 N–H and O–H groups in total. The second kappa shape index (κ2) is 7.26.